The molecular weight excluding hydrogens is 210 g/mol. The molecule has 0 aromatic rings. The zero-order valence-electron chi connectivity index (χ0n) is 7.22. The second-order valence-corrected chi connectivity index (χ2v) is 5.41. The highest BCUT2D eigenvalue weighted by Gasteiger charge is 2.11. The van der Waals surface area contributed by atoms with Crippen LogP contribution in [0.15, 0.2) is 0 Å². The molecule has 0 amide bonds. The summed E-state index contributed by atoms with van der Waals surface area (Å²) in [7, 11) is 1.31. The van der Waals surface area contributed by atoms with E-state index >= 15 is 0 Å². The average molecular weight is 222 g/mol. The maximum Gasteiger partial charge on any atom is 0.300 e. The molecule has 1 heterocycles. The van der Waals surface area contributed by atoms with Gasteiger partial charge in [0.1, 0.15) is 0 Å². The van der Waals surface area contributed by atoms with Crippen molar-refractivity contribution in [2.24, 2.45) is 5.92 Å². The molecule has 3 nitrogen and oxygen atoms in total. The zero-order chi connectivity index (χ0) is 9.73. The summed E-state index contributed by atoms with van der Waals surface area (Å²) in [5.74, 6) is 3.12. The van der Waals surface area contributed by atoms with Crippen molar-refractivity contribution in [3.8, 4) is 11.2 Å². The second kappa shape index (κ2) is 4.85. The van der Waals surface area contributed by atoms with Crippen molar-refractivity contribution in [3.63, 3.8) is 0 Å². The minimum atomic E-state index is -3.63. The predicted molar refractivity (Wildman–Crippen MR) is 52.8 cm³/mol. The second-order valence-electron chi connectivity index (χ2n) is 3.11. The van der Waals surface area contributed by atoms with Crippen LogP contribution in [0.2, 0.25) is 0 Å². The smallest absolute Gasteiger partial charge is 0.300 e. The number of hydrogen-bond donors (Lipinski definition) is 1. The van der Waals surface area contributed by atoms with E-state index in [1.165, 1.54) is 0 Å². The van der Waals surface area contributed by atoms with Gasteiger partial charge < -0.3 is 5.32 Å². The molecule has 1 fully saturated rings. The lowest BCUT2D eigenvalue weighted by atomic mass is 9.95. The van der Waals surface area contributed by atoms with Crippen molar-refractivity contribution in [3.05, 3.63) is 0 Å². The maximum atomic E-state index is 10.5. The first-order valence-electron chi connectivity index (χ1n) is 4.23. The van der Waals surface area contributed by atoms with Crippen molar-refractivity contribution in [1.29, 1.82) is 0 Å². The summed E-state index contributed by atoms with van der Waals surface area (Å²) in [4.78, 5) is 0. The van der Waals surface area contributed by atoms with E-state index in [2.05, 4.69) is 11.2 Å². The van der Waals surface area contributed by atoms with Crippen molar-refractivity contribution in [2.75, 3.05) is 13.1 Å². The third kappa shape index (κ3) is 5.14. The monoisotopic (exact) mass is 221 g/mol. The van der Waals surface area contributed by atoms with Gasteiger partial charge in [-0.3, -0.25) is 0 Å². The molecule has 0 atom stereocenters. The van der Waals surface area contributed by atoms with Gasteiger partial charge in [-0.1, -0.05) is 5.92 Å². The van der Waals surface area contributed by atoms with Crippen LogP contribution in [-0.2, 0) is 9.05 Å². The Morgan fingerprint density at radius 1 is 1.38 bits per heavy atom. The third-order valence-electron chi connectivity index (χ3n) is 2.04. The minimum absolute atomic E-state index is 0.521. The summed E-state index contributed by atoms with van der Waals surface area (Å²) in [5, 5.41) is 5.27. The van der Waals surface area contributed by atoms with Gasteiger partial charge in [-0.15, -0.1) is 0 Å². The van der Waals surface area contributed by atoms with Gasteiger partial charge in [0.05, 0.1) is 0 Å². The fourth-order valence-corrected chi connectivity index (χ4v) is 1.78. The van der Waals surface area contributed by atoms with Crippen LogP contribution in [0.4, 0.5) is 0 Å². The molecule has 1 aliphatic rings. The van der Waals surface area contributed by atoms with E-state index in [1.807, 2.05) is 5.25 Å². The molecule has 0 bridgehead atoms. The highest BCUT2D eigenvalue weighted by Crippen LogP contribution is 2.14. The number of halogens is 1. The molecule has 1 aliphatic heterocycles. The van der Waals surface area contributed by atoms with E-state index in [1.54, 1.807) is 0 Å². The molecule has 5 heteroatoms. The van der Waals surface area contributed by atoms with E-state index in [-0.39, 0.29) is 0 Å². The molecule has 0 aromatic heterocycles. The Morgan fingerprint density at radius 2 is 2.00 bits per heavy atom. The van der Waals surface area contributed by atoms with E-state index in [4.69, 9.17) is 10.7 Å². The van der Waals surface area contributed by atoms with Crippen molar-refractivity contribution in [1.82, 2.24) is 5.32 Å². The maximum absolute atomic E-state index is 10.5. The molecule has 0 aromatic carbocycles. The van der Waals surface area contributed by atoms with Gasteiger partial charge in [0, 0.05) is 22.4 Å². The highest BCUT2D eigenvalue weighted by molar-refractivity contribution is 8.17. The van der Waals surface area contributed by atoms with E-state index < -0.39 is 9.05 Å². The van der Waals surface area contributed by atoms with Crippen LogP contribution in [0.1, 0.15) is 19.3 Å². The predicted octanol–water partition coefficient (Wildman–Crippen LogP) is 0.906. The molecular formula is C8H12ClNO2S. The standard InChI is InChI=1S/C8H12ClNO2S/c9-13(11,12)7-1-2-8-3-5-10-6-4-8/h8,10H,2-6H2. The number of piperidine rings is 1. The van der Waals surface area contributed by atoms with E-state index in [9.17, 15) is 8.42 Å². The van der Waals surface area contributed by atoms with Crippen LogP contribution in [0.25, 0.3) is 0 Å². The summed E-state index contributed by atoms with van der Waals surface area (Å²) in [6, 6.07) is 0. The van der Waals surface area contributed by atoms with Gasteiger partial charge in [-0.05, 0) is 31.8 Å². The SMILES string of the molecule is O=S(=O)(Cl)C#CCC1CCNCC1. The largest absolute Gasteiger partial charge is 0.317 e. The number of rotatable bonds is 1. The number of hydrogen-bond acceptors (Lipinski definition) is 3. The van der Waals surface area contributed by atoms with E-state index in [0.29, 0.717) is 12.3 Å². The molecule has 0 saturated carbocycles. The average Bonchev–Trinajstić information content (AvgIpc) is 2.04. The lowest BCUT2D eigenvalue weighted by molar-refractivity contribution is 0.381. The van der Waals surface area contributed by atoms with Gasteiger partial charge in [-0.2, -0.15) is 8.42 Å². The first kappa shape index (κ1) is 10.8. The van der Waals surface area contributed by atoms with Gasteiger partial charge in [0.2, 0.25) is 0 Å². The third-order valence-corrected chi connectivity index (χ3v) is 2.66. The van der Waals surface area contributed by atoms with Crippen molar-refractivity contribution < 1.29 is 8.42 Å². The Hall–Kier alpha value is -0.240. The van der Waals surface area contributed by atoms with Gasteiger partial charge >= 0.3 is 9.05 Å². The molecule has 13 heavy (non-hydrogen) atoms. The Bertz CT molecular complexity index is 309. The van der Waals surface area contributed by atoms with Gasteiger partial charge in [0.15, 0.2) is 0 Å². The molecule has 0 radical (unpaired) electrons. The van der Waals surface area contributed by atoms with Crippen LogP contribution in [0, 0.1) is 17.1 Å². The zero-order valence-corrected chi connectivity index (χ0v) is 8.79. The van der Waals surface area contributed by atoms with Gasteiger partial charge in [-0.25, -0.2) is 0 Å². The fraction of sp³-hybridized carbons (Fsp3) is 0.750. The Morgan fingerprint density at radius 3 is 2.54 bits per heavy atom. The Balaban J connectivity index is 2.35. The number of nitrogens with one attached hydrogen (secondary N) is 1. The molecule has 0 spiro atoms. The molecule has 1 N–H and O–H groups in total. The van der Waals surface area contributed by atoms with Crippen LogP contribution >= 0.6 is 10.7 Å². The Kier molecular flexibility index (Phi) is 4.04. The fourth-order valence-electron chi connectivity index (χ4n) is 1.36. The van der Waals surface area contributed by atoms with Crippen LogP contribution < -0.4 is 5.32 Å². The molecule has 1 saturated heterocycles. The summed E-state index contributed by atoms with van der Waals surface area (Å²) in [6.07, 6.45) is 2.77. The molecule has 74 valence electrons. The lowest BCUT2D eigenvalue weighted by Crippen LogP contribution is -2.27. The van der Waals surface area contributed by atoms with Crippen molar-refractivity contribution >= 4 is 19.7 Å². The first-order chi connectivity index (χ1) is 6.08. The van der Waals surface area contributed by atoms with Crippen molar-refractivity contribution in [2.45, 2.75) is 19.3 Å². The minimum Gasteiger partial charge on any atom is -0.317 e. The molecule has 1 rings (SSSR count). The Labute approximate surface area is 83.3 Å². The topological polar surface area (TPSA) is 46.2 Å². The van der Waals surface area contributed by atoms with Crippen LogP contribution in [-0.4, -0.2) is 21.5 Å². The summed E-state index contributed by atoms with van der Waals surface area (Å²) < 4.78 is 20.9. The summed E-state index contributed by atoms with van der Waals surface area (Å²) in [5.41, 5.74) is 0. The molecule has 0 aliphatic carbocycles. The first-order valence-corrected chi connectivity index (χ1v) is 6.54. The molecule has 0 unspecified atom stereocenters. The van der Waals surface area contributed by atoms with E-state index in [0.717, 1.165) is 25.9 Å². The van der Waals surface area contributed by atoms with Crippen LogP contribution in [0.5, 0.6) is 0 Å². The highest BCUT2D eigenvalue weighted by atomic mass is 35.7. The van der Waals surface area contributed by atoms with Crippen LogP contribution in [0.3, 0.4) is 0 Å². The summed E-state index contributed by atoms with van der Waals surface area (Å²) in [6.45, 7) is 2.00. The lowest BCUT2D eigenvalue weighted by Gasteiger charge is -2.19. The normalized spacial score (nSPS) is 19.2. The quantitative estimate of drug-likeness (QED) is 0.529. The van der Waals surface area contributed by atoms with Gasteiger partial charge in [0.25, 0.3) is 0 Å². The summed E-state index contributed by atoms with van der Waals surface area (Å²) >= 11 is 0.